The summed E-state index contributed by atoms with van der Waals surface area (Å²) in [5, 5.41) is 0. The van der Waals surface area contributed by atoms with Gasteiger partial charge >= 0.3 is 5.97 Å². The SMILES string of the molecule is CC1(C)[C@H](/C=C/c2ccccc2)[C@H]1C(=O)OCc1cccc(Oc2ccccc2)c1. The fraction of sp³-hybridized carbons (Fsp3) is 0.222. The Bertz CT molecular complexity index is 1020. The van der Waals surface area contributed by atoms with Crippen LogP contribution in [0.15, 0.2) is 91.0 Å². The Kier molecular flexibility index (Phi) is 5.71. The predicted molar refractivity (Wildman–Crippen MR) is 119 cm³/mol. The first-order valence-corrected chi connectivity index (χ1v) is 10.3. The molecule has 0 heterocycles. The van der Waals surface area contributed by atoms with Gasteiger partial charge in [0.15, 0.2) is 0 Å². The lowest BCUT2D eigenvalue weighted by molar-refractivity contribution is -0.147. The second-order valence-corrected chi connectivity index (χ2v) is 8.26. The zero-order chi connectivity index (χ0) is 21.0. The fourth-order valence-electron chi connectivity index (χ4n) is 3.83. The monoisotopic (exact) mass is 398 g/mol. The van der Waals surface area contributed by atoms with Crippen LogP contribution >= 0.6 is 0 Å². The molecule has 1 fully saturated rings. The second-order valence-electron chi connectivity index (χ2n) is 8.26. The molecule has 0 saturated heterocycles. The van der Waals surface area contributed by atoms with Crippen LogP contribution in [-0.2, 0) is 16.1 Å². The molecule has 0 amide bonds. The molecule has 0 unspecified atom stereocenters. The van der Waals surface area contributed by atoms with Crippen LogP contribution in [0.25, 0.3) is 6.08 Å². The van der Waals surface area contributed by atoms with E-state index in [9.17, 15) is 4.79 Å². The van der Waals surface area contributed by atoms with Gasteiger partial charge in [-0.1, -0.05) is 86.7 Å². The summed E-state index contributed by atoms with van der Waals surface area (Å²) in [5.74, 6) is 1.45. The Balaban J connectivity index is 1.34. The Morgan fingerprint density at radius 2 is 1.57 bits per heavy atom. The maximum atomic E-state index is 12.7. The molecule has 0 bridgehead atoms. The molecule has 3 aromatic rings. The van der Waals surface area contributed by atoms with Crippen LogP contribution in [0.3, 0.4) is 0 Å². The third kappa shape index (κ3) is 4.62. The van der Waals surface area contributed by atoms with Crippen LogP contribution in [0.4, 0.5) is 0 Å². The van der Waals surface area contributed by atoms with E-state index < -0.39 is 0 Å². The van der Waals surface area contributed by atoms with Crippen molar-refractivity contribution in [2.45, 2.75) is 20.5 Å². The Morgan fingerprint density at radius 1 is 0.900 bits per heavy atom. The maximum absolute atomic E-state index is 12.7. The third-order valence-corrected chi connectivity index (χ3v) is 5.72. The van der Waals surface area contributed by atoms with E-state index in [1.807, 2.05) is 72.8 Å². The van der Waals surface area contributed by atoms with E-state index in [0.717, 1.165) is 22.6 Å². The molecular weight excluding hydrogens is 372 g/mol. The van der Waals surface area contributed by atoms with Crippen LogP contribution in [0.5, 0.6) is 11.5 Å². The van der Waals surface area contributed by atoms with E-state index in [1.165, 1.54) is 0 Å². The summed E-state index contributed by atoms with van der Waals surface area (Å²) in [5.41, 5.74) is 1.97. The maximum Gasteiger partial charge on any atom is 0.310 e. The molecular formula is C27H26O3. The van der Waals surface area contributed by atoms with E-state index in [0.29, 0.717) is 0 Å². The summed E-state index contributed by atoms with van der Waals surface area (Å²) in [6.45, 7) is 4.48. The standard InChI is InChI=1S/C27H26O3/c1-27(2)24(17-16-20-10-5-3-6-11-20)25(27)26(28)29-19-21-12-9-15-23(18-21)30-22-13-7-4-8-14-22/h3-18,24-25H,19H2,1-2H3/b17-16+/t24-,25+/m1/s1. The van der Waals surface area contributed by atoms with Crippen LogP contribution in [0, 0.1) is 17.3 Å². The smallest absolute Gasteiger partial charge is 0.310 e. The van der Waals surface area contributed by atoms with Crippen molar-refractivity contribution in [3.05, 3.63) is 102 Å². The number of benzene rings is 3. The predicted octanol–water partition coefficient (Wildman–Crippen LogP) is 6.51. The van der Waals surface area contributed by atoms with Gasteiger partial charge in [-0.05, 0) is 46.7 Å². The molecule has 4 rings (SSSR count). The molecule has 1 aliphatic carbocycles. The molecule has 0 spiro atoms. The van der Waals surface area contributed by atoms with Crippen molar-refractivity contribution in [2.75, 3.05) is 0 Å². The molecule has 1 aliphatic rings. The van der Waals surface area contributed by atoms with Gasteiger partial charge in [-0.3, -0.25) is 4.79 Å². The zero-order valence-electron chi connectivity index (χ0n) is 17.3. The topological polar surface area (TPSA) is 35.5 Å². The van der Waals surface area contributed by atoms with Crippen LogP contribution in [0.2, 0.25) is 0 Å². The third-order valence-electron chi connectivity index (χ3n) is 5.72. The Hall–Kier alpha value is -3.33. The number of para-hydroxylation sites is 1. The number of carbonyl (C=O) groups is 1. The second kappa shape index (κ2) is 8.58. The van der Waals surface area contributed by atoms with E-state index in [-0.39, 0.29) is 29.8 Å². The highest BCUT2D eigenvalue weighted by Gasteiger charge is 2.61. The Morgan fingerprint density at radius 3 is 2.30 bits per heavy atom. The van der Waals surface area contributed by atoms with Gasteiger partial charge in [0.1, 0.15) is 18.1 Å². The average Bonchev–Trinajstić information content (AvgIpc) is 3.32. The molecule has 152 valence electrons. The number of hydrogen-bond donors (Lipinski definition) is 0. The van der Waals surface area contributed by atoms with E-state index in [2.05, 4.69) is 38.1 Å². The summed E-state index contributed by atoms with van der Waals surface area (Å²) < 4.78 is 11.5. The van der Waals surface area contributed by atoms with Crippen LogP contribution in [0.1, 0.15) is 25.0 Å². The molecule has 3 heteroatoms. The molecule has 30 heavy (non-hydrogen) atoms. The van der Waals surface area contributed by atoms with Crippen molar-refractivity contribution in [2.24, 2.45) is 17.3 Å². The molecule has 0 aromatic heterocycles. The van der Waals surface area contributed by atoms with E-state index in [1.54, 1.807) is 0 Å². The van der Waals surface area contributed by atoms with Gasteiger partial charge in [-0.15, -0.1) is 0 Å². The lowest BCUT2D eigenvalue weighted by Crippen LogP contribution is -2.10. The van der Waals surface area contributed by atoms with Crippen LogP contribution < -0.4 is 4.74 Å². The summed E-state index contributed by atoms with van der Waals surface area (Å²) in [6.07, 6.45) is 4.22. The van der Waals surface area contributed by atoms with Gasteiger partial charge in [-0.25, -0.2) is 0 Å². The molecule has 3 aromatic carbocycles. The average molecular weight is 399 g/mol. The molecule has 0 N–H and O–H groups in total. The van der Waals surface area contributed by atoms with Gasteiger partial charge in [0.25, 0.3) is 0 Å². The highest BCUT2D eigenvalue weighted by atomic mass is 16.5. The summed E-state index contributed by atoms with van der Waals surface area (Å²) in [4.78, 5) is 12.7. The quantitative estimate of drug-likeness (QED) is 0.426. The lowest BCUT2D eigenvalue weighted by Gasteiger charge is -2.09. The minimum atomic E-state index is -0.142. The largest absolute Gasteiger partial charge is 0.461 e. The summed E-state index contributed by atoms with van der Waals surface area (Å²) in [7, 11) is 0. The van der Waals surface area contributed by atoms with Crippen molar-refractivity contribution < 1.29 is 14.3 Å². The minimum absolute atomic E-state index is 0.0827. The number of esters is 1. The number of ether oxygens (including phenoxy) is 2. The molecule has 0 radical (unpaired) electrons. The highest BCUT2D eigenvalue weighted by Crippen LogP contribution is 2.59. The normalized spacial score (nSPS) is 19.4. The molecule has 2 atom stereocenters. The number of carbonyl (C=O) groups excluding carboxylic acids is 1. The minimum Gasteiger partial charge on any atom is -0.461 e. The van der Waals surface area contributed by atoms with Gasteiger partial charge < -0.3 is 9.47 Å². The number of allylic oxidation sites excluding steroid dienone is 1. The van der Waals surface area contributed by atoms with Gasteiger partial charge in [0.2, 0.25) is 0 Å². The van der Waals surface area contributed by atoms with E-state index in [4.69, 9.17) is 9.47 Å². The van der Waals surface area contributed by atoms with Crippen molar-refractivity contribution >= 4 is 12.0 Å². The van der Waals surface area contributed by atoms with Crippen LogP contribution in [-0.4, -0.2) is 5.97 Å². The van der Waals surface area contributed by atoms with Gasteiger partial charge in [0.05, 0.1) is 5.92 Å². The molecule has 1 saturated carbocycles. The van der Waals surface area contributed by atoms with Gasteiger partial charge in [0, 0.05) is 0 Å². The molecule has 0 aliphatic heterocycles. The zero-order valence-corrected chi connectivity index (χ0v) is 17.3. The summed E-state index contributed by atoms with van der Waals surface area (Å²) in [6, 6.07) is 27.4. The Labute approximate surface area is 178 Å². The molecule has 3 nitrogen and oxygen atoms in total. The van der Waals surface area contributed by atoms with Gasteiger partial charge in [-0.2, -0.15) is 0 Å². The lowest BCUT2D eigenvalue weighted by atomic mass is 10.1. The fourth-order valence-corrected chi connectivity index (χ4v) is 3.83. The van der Waals surface area contributed by atoms with Crippen molar-refractivity contribution in [3.8, 4) is 11.5 Å². The first-order valence-electron chi connectivity index (χ1n) is 10.3. The van der Waals surface area contributed by atoms with Crippen molar-refractivity contribution in [1.82, 2.24) is 0 Å². The first-order chi connectivity index (χ1) is 14.5. The number of hydrogen-bond acceptors (Lipinski definition) is 3. The van der Waals surface area contributed by atoms with Crippen molar-refractivity contribution in [3.63, 3.8) is 0 Å². The highest BCUT2D eigenvalue weighted by molar-refractivity contribution is 5.78. The number of rotatable bonds is 7. The van der Waals surface area contributed by atoms with Crippen molar-refractivity contribution in [1.29, 1.82) is 0 Å². The van der Waals surface area contributed by atoms with E-state index >= 15 is 0 Å². The first kappa shape index (κ1) is 20.0. The summed E-state index contributed by atoms with van der Waals surface area (Å²) >= 11 is 0.